The first-order valence-corrected chi connectivity index (χ1v) is 3.21. The quantitative estimate of drug-likeness (QED) is 0.586. The van der Waals surface area contributed by atoms with E-state index in [1.165, 1.54) is 0 Å². The van der Waals surface area contributed by atoms with Crippen molar-refractivity contribution >= 4 is 11.9 Å². The molecule has 3 N–H and O–H groups in total. The Balaban J connectivity index is 2.64. The number of aromatic nitrogens is 2. The Kier molecular flexibility index (Phi) is 2.10. The first kappa shape index (κ1) is 7.59. The SMILES string of the molecule is CNC(=O)Cn1ccnc1N. The number of nitrogens with zero attached hydrogens (tertiary/aromatic N) is 2. The van der Waals surface area contributed by atoms with Crippen molar-refractivity contribution in [3.8, 4) is 0 Å². The third-order valence-electron chi connectivity index (χ3n) is 1.34. The number of nitrogens with one attached hydrogen (secondary N) is 1. The molecule has 1 aromatic rings. The van der Waals surface area contributed by atoms with E-state index in [1.807, 2.05) is 0 Å². The molecule has 1 amide bonds. The summed E-state index contributed by atoms with van der Waals surface area (Å²) in [7, 11) is 1.58. The van der Waals surface area contributed by atoms with Crippen molar-refractivity contribution in [2.45, 2.75) is 6.54 Å². The van der Waals surface area contributed by atoms with Gasteiger partial charge >= 0.3 is 0 Å². The molecule has 0 aliphatic heterocycles. The van der Waals surface area contributed by atoms with Gasteiger partial charge in [0.25, 0.3) is 0 Å². The van der Waals surface area contributed by atoms with Crippen LogP contribution in [0.5, 0.6) is 0 Å². The van der Waals surface area contributed by atoms with Crippen molar-refractivity contribution in [2.75, 3.05) is 12.8 Å². The fourth-order valence-electron chi connectivity index (χ4n) is 0.708. The average Bonchev–Trinajstić information content (AvgIpc) is 2.37. The van der Waals surface area contributed by atoms with Gasteiger partial charge in [0.15, 0.2) is 0 Å². The highest BCUT2D eigenvalue weighted by Gasteiger charge is 2.01. The number of rotatable bonds is 2. The molecule has 0 atom stereocenters. The van der Waals surface area contributed by atoms with Gasteiger partial charge in [0.2, 0.25) is 11.9 Å². The van der Waals surface area contributed by atoms with E-state index in [4.69, 9.17) is 5.73 Å². The highest BCUT2D eigenvalue weighted by molar-refractivity contribution is 5.75. The lowest BCUT2D eigenvalue weighted by Gasteiger charge is -2.01. The normalized spacial score (nSPS) is 9.55. The molecule has 1 heterocycles. The summed E-state index contributed by atoms with van der Waals surface area (Å²) >= 11 is 0. The van der Waals surface area contributed by atoms with Crippen LogP contribution in [0.25, 0.3) is 0 Å². The lowest BCUT2D eigenvalue weighted by molar-refractivity contribution is -0.121. The van der Waals surface area contributed by atoms with E-state index < -0.39 is 0 Å². The van der Waals surface area contributed by atoms with Gasteiger partial charge in [0, 0.05) is 19.4 Å². The highest BCUT2D eigenvalue weighted by atomic mass is 16.1. The molecule has 0 spiro atoms. The summed E-state index contributed by atoms with van der Waals surface area (Å²) in [4.78, 5) is 14.6. The van der Waals surface area contributed by atoms with Crippen LogP contribution in [0.15, 0.2) is 12.4 Å². The summed E-state index contributed by atoms with van der Waals surface area (Å²) in [6.07, 6.45) is 3.21. The maximum atomic E-state index is 10.8. The first-order chi connectivity index (χ1) is 5.24. The summed E-state index contributed by atoms with van der Waals surface area (Å²) in [5.41, 5.74) is 5.42. The van der Waals surface area contributed by atoms with Crippen LogP contribution < -0.4 is 11.1 Å². The topological polar surface area (TPSA) is 72.9 Å². The van der Waals surface area contributed by atoms with Crippen LogP contribution in [-0.4, -0.2) is 22.5 Å². The van der Waals surface area contributed by atoms with E-state index >= 15 is 0 Å². The molecule has 5 heteroatoms. The van der Waals surface area contributed by atoms with Gasteiger partial charge in [-0.15, -0.1) is 0 Å². The molecule has 0 radical (unpaired) electrons. The predicted molar refractivity (Wildman–Crippen MR) is 40.7 cm³/mol. The van der Waals surface area contributed by atoms with E-state index in [9.17, 15) is 4.79 Å². The van der Waals surface area contributed by atoms with Gasteiger partial charge in [0.05, 0.1) is 0 Å². The van der Waals surface area contributed by atoms with Crippen LogP contribution in [0, 0.1) is 0 Å². The summed E-state index contributed by atoms with van der Waals surface area (Å²) in [5, 5.41) is 2.49. The summed E-state index contributed by atoms with van der Waals surface area (Å²) < 4.78 is 1.57. The number of nitrogens with two attached hydrogens (primary N) is 1. The standard InChI is InChI=1S/C6H10N4O/c1-8-5(11)4-10-3-2-9-6(10)7/h2-3H,4H2,1H3,(H2,7,9)(H,8,11). The van der Waals surface area contributed by atoms with Crippen LogP contribution in [-0.2, 0) is 11.3 Å². The van der Waals surface area contributed by atoms with Crippen LogP contribution in [0.4, 0.5) is 5.95 Å². The molecule has 60 valence electrons. The maximum Gasteiger partial charge on any atom is 0.239 e. The second-order valence-electron chi connectivity index (χ2n) is 2.09. The molecule has 0 bridgehead atoms. The Hall–Kier alpha value is -1.52. The van der Waals surface area contributed by atoms with Crippen molar-refractivity contribution in [2.24, 2.45) is 0 Å². The third-order valence-corrected chi connectivity index (χ3v) is 1.34. The van der Waals surface area contributed by atoms with Gasteiger partial charge < -0.3 is 15.6 Å². The van der Waals surface area contributed by atoms with E-state index in [-0.39, 0.29) is 12.5 Å². The third kappa shape index (κ3) is 1.70. The molecule has 0 saturated heterocycles. The average molecular weight is 154 g/mol. The van der Waals surface area contributed by atoms with Gasteiger partial charge in [0.1, 0.15) is 6.54 Å². The summed E-state index contributed by atoms with van der Waals surface area (Å²) in [5.74, 6) is 0.267. The molecule has 1 aromatic heterocycles. The van der Waals surface area contributed by atoms with E-state index in [0.29, 0.717) is 5.95 Å². The lowest BCUT2D eigenvalue weighted by atomic mass is 10.6. The largest absolute Gasteiger partial charge is 0.369 e. The van der Waals surface area contributed by atoms with Gasteiger partial charge in [-0.25, -0.2) is 4.98 Å². The minimum atomic E-state index is -0.0882. The number of anilines is 1. The summed E-state index contributed by atoms with van der Waals surface area (Å²) in [6, 6.07) is 0. The van der Waals surface area contributed by atoms with Crippen LogP contribution >= 0.6 is 0 Å². The van der Waals surface area contributed by atoms with Gasteiger partial charge in [-0.2, -0.15) is 0 Å². The fourth-order valence-corrected chi connectivity index (χ4v) is 0.708. The zero-order chi connectivity index (χ0) is 8.27. The Morgan fingerprint density at radius 3 is 3.09 bits per heavy atom. The molecule has 0 saturated carbocycles. The smallest absolute Gasteiger partial charge is 0.239 e. The van der Waals surface area contributed by atoms with Crippen molar-refractivity contribution in [1.82, 2.24) is 14.9 Å². The Labute approximate surface area is 64.2 Å². The Morgan fingerprint density at radius 1 is 1.91 bits per heavy atom. The molecule has 0 aliphatic rings. The zero-order valence-corrected chi connectivity index (χ0v) is 6.24. The van der Waals surface area contributed by atoms with Crippen molar-refractivity contribution in [3.63, 3.8) is 0 Å². The van der Waals surface area contributed by atoms with E-state index in [2.05, 4.69) is 10.3 Å². The predicted octanol–water partition coefficient (Wildman–Crippen LogP) is -0.789. The van der Waals surface area contributed by atoms with Gasteiger partial charge in [-0.1, -0.05) is 0 Å². The summed E-state index contributed by atoms with van der Waals surface area (Å²) in [6.45, 7) is 0.225. The number of amides is 1. The van der Waals surface area contributed by atoms with E-state index in [1.54, 1.807) is 24.0 Å². The van der Waals surface area contributed by atoms with Gasteiger partial charge in [-0.05, 0) is 0 Å². The van der Waals surface area contributed by atoms with Crippen LogP contribution in [0.2, 0.25) is 0 Å². The monoisotopic (exact) mass is 154 g/mol. The molecule has 5 nitrogen and oxygen atoms in total. The van der Waals surface area contributed by atoms with Gasteiger partial charge in [-0.3, -0.25) is 4.79 Å². The molecule has 0 fully saturated rings. The number of hydrogen-bond acceptors (Lipinski definition) is 3. The molecule has 0 unspecified atom stereocenters. The second-order valence-corrected chi connectivity index (χ2v) is 2.09. The molecule has 11 heavy (non-hydrogen) atoms. The van der Waals surface area contributed by atoms with Crippen molar-refractivity contribution < 1.29 is 4.79 Å². The number of likely N-dealkylation sites (N-methyl/N-ethyl adjacent to an activating group) is 1. The number of hydrogen-bond donors (Lipinski definition) is 2. The van der Waals surface area contributed by atoms with Crippen LogP contribution in [0.1, 0.15) is 0 Å². The molecular weight excluding hydrogens is 144 g/mol. The van der Waals surface area contributed by atoms with Crippen LogP contribution in [0.3, 0.4) is 0 Å². The molecule has 0 aliphatic carbocycles. The molecule has 1 rings (SSSR count). The molecule has 0 aromatic carbocycles. The number of carbonyl (C=O) groups excluding carboxylic acids is 1. The lowest BCUT2D eigenvalue weighted by Crippen LogP contribution is -2.23. The maximum absolute atomic E-state index is 10.8. The number of carbonyl (C=O) groups is 1. The minimum Gasteiger partial charge on any atom is -0.369 e. The van der Waals surface area contributed by atoms with E-state index in [0.717, 1.165) is 0 Å². The highest BCUT2D eigenvalue weighted by Crippen LogP contribution is 1.96. The minimum absolute atomic E-state index is 0.0882. The first-order valence-electron chi connectivity index (χ1n) is 3.21. The molecular formula is C6H10N4O. The fraction of sp³-hybridized carbons (Fsp3) is 0.333. The zero-order valence-electron chi connectivity index (χ0n) is 6.24. The van der Waals surface area contributed by atoms with Crippen molar-refractivity contribution in [1.29, 1.82) is 0 Å². The number of imidazole rings is 1. The Bertz CT molecular complexity index is 255. The number of nitrogen functional groups attached to an aromatic ring is 1. The van der Waals surface area contributed by atoms with Crippen molar-refractivity contribution in [3.05, 3.63) is 12.4 Å². The Morgan fingerprint density at radius 2 is 2.64 bits per heavy atom. The second kappa shape index (κ2) is 3.05.